The van der Waals surface area contributed by atoms with Crippen molar-refractivity contribution in [2.24, 2.45) is 5.92 Å². The molecular weight excluding hydrogens is 490 g/mol. The van der Waals surface area contributed by atoms with E-state index >= 15 is 0 Å². The molecule has 0 radical (unpaired) electrons. The summed E-state index contributed by atoms with van der Waals surface area (Å²) in [7, 11) is -4.52. The summed E-state index contributed by atoms with van der Waals surface area (Å²) < 4.78 is 36.1. The Balaban J connectivity index is 2.42. The molecule has 1 aliphatic heterocycles. The van der Waals surface area contributed by atoms with E-state index < -0.39 is 35.4 Å². The zero-order valence-electron chi connectivity index (χ0n) is 21.4. The topological polar surface area (TPSA) is 90.0 Å². The first-order valence-corrected chi connectivity index (χ1v) is 17.0. The van der Waals surface area contributed by atoms with E-state index in [1.165, 1.54) is 23.8 Å². The van der Waals surface area contributed by atoms with Crippen molar-refractivity contribution in [3.8, 4) is 0 Å². The number of rotatable bonds is 10. The molecule has 1 aromatic carbocycles. The van der Waals surface area contributed by atoms with Gasteiger partial charge in [0.25, 0.3) is 0 Å². The molecule has 0 unspecified atom stereocenters. The van der Waals surface area contributed by atoms with Gasteiger partial charge in [-0.05, 0) is 43.1 Å². The lowest BCUT2D eigenvalue weighted by Crippen LogP contribution is -2.60. The SMILES string of the molecule is CCC(=C(C(=O)OC)N1C(=O)[C@H](CCO[Si](C)(C)C(C)(C)C)[C@H]1Sc1ccccc1)S(C)(=O)=O. The van der Waals surface area contributed by atoms with Crippen molar-refractivity contribution < 1.29 is 27.2 Å². The average molecular weight is 528 g/mol. The van der Waals surface area contributed by atoms with Crippen molar-refractivity contribution in [1.29, 1.82) is 0 Å². The lowest BCUT2D eigenvalue weighted by atomic mass is 9.93. The average Bonchev–Trinajstić information content (AvgIpc) is 2.74. The fourth-order valence-corrected chi connectivity index (χ4v) is 6.95. The maximum atomic E-state index is 13.4. The van der Waals surface area contributed by atoms with Gasteiger partial charge >= 0.3 is 5.97 Å². The second-order valence-electron chi connectivity index (χ2n) is 9.92. The molecular formula is C24H37NO6S2Si. The van der Waals surface area contributed by atoms with Gasteiger partial charge in [-0.15, -0.1) is 0 Å². The van der Waals surface area contributed by atoms with E-state index in [1.54, 1.807) is 6.92 Å². The molecule has 10 heteroatoms. The molecule has 2 atom stereocenters. The van der Waals surface area contributed by atoms with Crippen molar-refractivity contribution in [3.05, 3.63) is 40.9 Å². The lowest BCUT2D eigenvalue weighted by Gasteiger charge is -2.47. The Morgan fingerprint density at radius 3 is 2.24 bits per heavy atom. The second kappa shape index (κ2) is 11.0. The first kappa shape index (κ1) is 28.6. The number of carbonyl (C=O) groups is 2. The molecule has 2 rings (SSSR count). The zero-order chi connectivity index (χ0) is 25.9. The van der Waals surface area contributed by atoms with Gasteiger partial charge in [0, 0.05) is 17.8 Å². The number of hydrogen-bond donors (Lipinski definition) is 0. The smallest absolute Gasteiger partial charge is 0.355 e. The Labute approximate surface area is 209 Å². The molecule has 1 aromatic rings. The van der Waals surface area contributed by atoms with Crippen LogP contribution in [0, 0.1) is 5.92 Å². The molecule has 1 fully saturated rings. The Morgan fingerprint density at radius 1 is 1.18 bits per heavy atom. The highest BCUT2D eigenvalue weighted by atomic mass is 32.2. The number of nitrogens with zero attached hydrogens (tertiary/aromatic N) is 1. The van der Waals surface area contributed by atoms with Crippen LogP contribution in [0.2, 0.25) is 18.1 Å². The Kier molecular flexibility index (Phi) is 9.23. The quantitative estimate of drug-likeness (QED) is 0.187. The van der Waals surface area contributed by atoms with Crippen LogP contribution in [0.25, 0.3) is 0 Å². The Bertz CT molecular complexity index is 1030. The number of β-lactam (4-membered cyclic amide) rings is 1. The van der Waals surface area contributed by atoms with Gasteiger partial charge in [0.1, 0.15) is 5.70 Å². The van der Waals surface area contributed by atoms with Crippen LogP contribution in [0.15, 0.2) is 45.8 Å². The molecule has 7 nitrogen and oxygen atoms in total. The zero-order valence-corrected chi connectivity index (χ0v) is 24.0. The van der Waals surface area contributed by atoms with Crippen molar-refractivity contribution in [2.45, 2.75) is 68.9 Å². The largest absolute Gasteiger partial charge is 0.464 e. The Hall–Kier alpha value is -1.62. The normalized spacial score (nSPS) is 20.0. The lowest BCUT2D eigenvalue weighted by molar-refractivity contribution is -0.153. The number of benzene rings is 1. The highest BCUT2D eigenvalue weighted by Gasteiger charge is 2.52. The van der Waals surface area contributed by atoms with Gasteiger partial charge in [0.2, 0.25) is 5.91 Å². The molecule has 1 heterocycles. The molecule has 190 valence electrons. The van der Waals surface area contributed by atoms with Crippen LogP contribution in [0.3, 0.4) is 0 Å². The standard InChI is InChI=1S/C24H37NO6S2Si/c1-9-19(33(6,28)29)20(23(27)30-5)25-21(26)18(15-16-31-34(7,8)24(2,3)4)22(25)32-17-13-11-10-12-14-17/h10-14,18,22H,9,15-16H2,1-8H3/t18-,22+/m0/s1. The van der Waals surface area contributed by atoms with Gasteiger partial charge in [-0.3, -0.25) is 9.69 Å². The van der Waals surface area contributed by atoms with Gasteiger partial charge < -0.3 is 9.16 Å². The van der Waals surface area contributed by atoms with Gasteiger partial charge in [-0.1, -0.05) is 57.7 Å². The molecule has 1 saturated heterocycles. The number of ether oxygens (including phenoxy) is 1. The molecule has 0 aromatic heterocycles. The van der Waals surface area contributed by atoms with Gasteiger partial charge in [0.15, 0.2) is 18.2 Å². The first-order chi connectivity index (χ1) is 15.7. The second-order valence-corrected chi connectivity index (χ2v) is 18.0. The van der Waals surface area contributed by atoms with Crippen LogP contribution >= 0.6 is 11.8 Å². The number of likely N-dealkylation sites (tertiary alicyclic amines) is 1. The van der Waals surface area contributed by atoms with E-state index in [0.29, 0.717) is 13.0 Å². The number of esters is 1. The van der Waals surface area contributed by atoms with E-state index in [2.05, 4.69) is 33.9 Å². The predicted molar refractivity (Wildman–Crippen MR) is 138 cm³/mol. The van der Waals surface area contributed by atoms with Crippen LogP contribution in [0.5, 0.6) is 0 Å². The number of thioether (sulfide) groups is 1. The monoisotopic (exact) mass is 527 g/mol. The summed E-state index contributed by atoms with van der Waals surface area (Å²) in [6.45, 7) is 12.9. The van der Waals surface area contributed by atoms with E-state index in [-0.39, 0.29) is 28.0 Å². The summed E-state index contributed by atoms with van der Waals surface area (Å²) in [6, 6.07) is 9.54. The fraction of sp³-hybridized carbons (Fsp3) is 0.583. The Morgan fingerprint density at radius 2 is 1.76 bits per heavy atom. The van der Waals surface area contributed by atoms with Crippen LogP contribution in [0.1, 0.15) is 40.5 Å². The summed E-state index contributed by atoms with van der Waals surface area (Å²) in [6.07, 6.45) is 1.61. The fourth-order valence-electron chi connectivity index (χ4n) is 3.51. The highest BCUT2D eigenvalue weighted by molar-refractivity contribution is 8.00. The van der Waals surface area contributed by atoms with Crippen LogP contribution < -0.4 is 0 Å². The number of allylic oxidation sites excluding steroid dienone is 1. The van der Waals surface area contributed by atoms with E-state index in [4.69, 9.17) is 9.16 Å². The number of sulfone groups is 1. The predicted octanol–water partition coefficient (Wildman–Crippen LogP) is 4.81. The first-order valence-electron chi connectivity index (χ1n) is 11.4. The third-order valence-electron chi connectivity index (χ3n) is 6.50. The van der Waals surface area contributed by atoms with Gasteiger partial charge in [-0.25, -0.2) is 13.2 Å². The summed E-state index contributed by atoms with van der Waals surface area (Å²) in [5.41, 5.74) is -0.188. The summed E-state index contributed by atoms with van der Waals surface area (Å²) in [4.78, 5) is 28.2. The van der Waals surface area contributed by atoms with E-state index in [9.17, 15) is 18.0 Å². The number of hydrogen-bond acceptors (Lipinski definition) is 7. The summed E-state index contributed by atoms with van der Waals surface area (Å²) in [5, 5.41) is -0.400. The third kappa shape index (κ3) is 6.33. The molecule has 34 heavy (non-hydrogen) atoms. The van der Waals surface area contributed by atoms with E-state index in [0.717, 1.165) is 11.2 Å². The van der Waals surface area contributed by atoms with Crippen LogP contribution in [0.4, 0.5) is 0 Å². The maximum Gasteiger partial charge on any atom is 0.355 e. The van der Waals surface area contributed by atoms with Crippen molar-refractivity contribution in [2.75, 3.05) is 20.0 Å². The third-order valence-corrected chi connectivity index (χ3v) is 13.7. The minimum Gasteiger partial charge on any atom is -0.464 e. The van der Waals surface area contributed by atoms with Crippen molar-refractivity contribution in [1.82, 2.24) is 4.90 Å². The summed E-state index contributed by atoms with van der Waals surface area (Å²) >= 11 is 1.43. The van der Waals surface area contributed by atoms with Crippen molar-refractivity contribution in [3.63, 3.8) is 0 Å². The maximum absolute atomic E-state index is 13.4. The number of carbonyl (C=O) groups excluding carboxylic acids is 2. The van der Waals surface area contributed by atoms with Crippen LogP contribution in [-0.4, -0.2) is 58.9 Å². The molecule has 0 saturated carbocycles. The molecule has 0 N–H and O–H groups in total. The molecule has 1 amide bonds. The van der Waals surface area contributed by atoms with Crippen LogP contribution in [-0.2, 0) is 28.6 Å². The van der Waals surface area contributed by atoms with Gasteiger partial charge in [-0.2, -0.15) is 0 Å². The minimum atomic E-state index is -3.72. The van der Waals surface area contributed by atoms with Crippen molar-refractivity contribution >= 4 is 41.8 Å². The number of methoxy groups -OCH3 is 1. The molecule has 0 bridgehead atoms. The minimum absolute atomic E-state index is 0.0488. The van der Waals surface area contributed by atoms with Gasteiger partial charge in [0.05, 0.1) is 23.3 Å². The molecule has 0 spiro atoms. The summed E-state index contributed by atoms with van der Waals surface area (Å²) in [5.74, 6) is -1.53. The highest BCUT2D eigenvalue weighted by Crippen LogP contribution is 2.45. The van der Waals surface area contributed by atoms with E-state index in [1.807, 2.05) is 30.3 Å². The molecule has 1 aliphatic rings. The molecule has 0 aliphatic carbocycles. The number of amides is 1.